The number of hydrogen-bond donors (Lipinski definition) is 1. The number of piperazine rings is 1. The third-order valence-electron chi connectivity index (χ3n) is 4.92. The van der Waals surface area contributed by atoms with Crippen molar-refractivity contribution in [3.05, 3.63) is 29.8 Å². The monoisotopic (exact) mass is 326 g/mol. The standard InChI is InChI=1S/C18H22N4O2/c1-18(2,12-19)13-3-5-14(6-4-13)20-17(24)21-9-10-22-15(11-21)7-8-16(22)23/h3-6,15H,7-11H2,1-2H3,(H,20,24). The topological polar surface area (TPSA) is 76.4 Å². The second-order valence-corrected chi connectivity index (χ2v) is 6.97. The van der Waals surface area contributed by atoms with Gasteiger partial charge in [0.2, 0.25) is 5.91 Å². The zero-order valence-electron chi connectivity index (χ0n) is 14.1. The molecule has 1 aromatic carbocycles. The molecule has 2 heterocycles. The van der Waals surface area contributed by atoms with Crippen molar-refractivity contribution in [3.63, 3.8) is 0 Å². The molecule has 0 radical (unpaired) electrons. The Balaban J connectivity index is 1.61. The van der Waals surface area contributed by atoms with E-state index in [2.05, 4.69) is 11.4 Å². The average Bonchev–Trinajstić information content (AvgIpc) is 2.96. The van der Waals surface area contributed by atoms with Crippen LogP contribution in [0.25, 0.3) is 0 Å². The molecule has 0 bridgehead atoms. The number of carbonyl (C=O) groups excluding carboxylic acids is 2. The van der Waals surface area contributed by atoms with Crippen LogP contribution in [0.2, 0.25) is 0 Å². The van der Waals surface area contributed by atoms with Gasteiger partial charge in [-0.1, -0.05) is 12.1 Å². The molecule has 3 rings (SSSR count). The smallest absolute Gasteiger partial charge is 0.321 e. The summed E-state index contributed by atoms with van der Waals surface area (Å²) < 4.78 is 0. The maximum Gasteiger partial charge on any atom is 0.321 e. The zero-order valence-corrected chi connectivity index (χ0v) is 14.1. The number of anilines is 1. The highest BCUT2D eigenvalue weighted by Gasteiger charge is 2.36. The summed E-state index contributed by atoms with van der Waals surface area (Å²) in [6.07, 6.45) is 1.43. The van der Waals surface area contributed by atoms with Gasteiger partial charge in [0.05, 0.1) is 11.5 Å². The van der Waals surface area contributed by atoms with Crippen LogP contribution in [0.1, 0.15) is 32.3 Å². The summed E-state index contributed by atoms with van der Waals surface area (Å²) in [5.74, 6) is 0.204. The van der Waals surface area contributed by atoms with Gasteiger partial charge in [0.25, 0.3) is 0 Å². The average molecular weight is 326 g/mol. The largest absolute Gasteiger partial charge is 0.336 e. The van der Waals surface area contributed by atoms with Gasteiger partial charge in [-0.25, -0.2) is 4.79 Å². The molecule has 2 aliphatic rings. The predicted octanol–water partition coefficient (Wildman–Crippen LogP) is 2.33. The van der Waals surface area contributed by atoms with Gasteiger partial charge < -0.3 is 15.1 Å². The van der Waals surface area contributed by atoms with Gasteiger partial charge in [-0.15, -0.1) is 0 Å². The Hall–Kier alpha value is -2.55. The van der Waals surface area contributed by atoms with E-state index < -0.39 is 5.41 Å². The lowest BCUT2D eigenvalue weighted by Gasteiger charge is -2.37. The quantitative estimate of drug-likeness (QED) is 0.906. The van der Waals surface area contributed by atoms with Crippen LogP contribution in [0.3, 0.4) is 0 Å². The number of nitriles is 1. The van der Waals surface area contributed by atoms with Gasteiger partial charge in [-0.3, -0.25) is 4.79 Å². The Kier molecular flexibility index (Phi) is 4.18. The third kappa shape index (κ3) is 3.07. The van der Waals surface area contributed by atoms with Gasteiger partial charge in [0, 0.05) is 37.8 Å². The van der Waals surface area contributed by atoms with Crippen molar-refractivity contribution in [3.8, 4) is 6.07 Å². The first-order chi connectivity index (χ1) is 11.4. The maximum atomic E-state index is 12.4. The van der Waals surface area contributed by atoms with Crippen LogP contribution in [0.4, 0.5) is 10.5 Å². The lowest BCUT2D eigenvalue weighted by Crippen LogP contribution is -2.54. The summed E-state index contributed by atoms with van der Waals surface area (Å²) in [5.41, 5.74) is 1.08. The van der Waals surface area contributed by atoms with E-state index in [-0.39, 0.29) is 18.0 Å². The maximum absolute atomic E-state index is 12.4. The van der Waals surface area contributed by atoms with Crippen LogP contribution in [0, 0.1) is 11.3 Å². The van der Waals surface area contributed by atoms with Crippen molar-refractivity contribution in [2.45, 2.75) is 38.1 Å². The Morgan fingerprint density at radius 2 is 2.00 bits per heavy atom. The van der Waals surface area contributed by atoms with E-state index >= 15 is 0 Å². The SMILES string of the molecule is CC(C)(C#N)c1ccc(NC(=O)N2CCN3C(=O)CCC3C2)cc1. The Labute approximate surface area is 142 Å². The molecule has 6 nitrogen and oxygen atoms in total. The molecule has 2 aliphatic heterocycles. The lowest BCUT2D eigenvalue weighted by molar-refractivity contribution is -0.130. The van der Waals surface area contributed by atoms with Crippen LogP contribution in [0.5, 0.6) is 0 Å². The van der Waals surface area contributed by atoms with E-state index in [0.29, 0.717) is 31.7 Å². The zero-order chi connectivity index (χ0) is 17.3. The minimum absolute atomic E-state index is 0.138. The molecule has 3 amide bonds. The molecule has 1 atom stereocenters. The molecule has 126 valence electrons. The van der Waals surface area contributed by atoms with Crippen LogP contribution in [0.15, 0.2) is 24.3 Å². The second kappa shape index (κ2) is 6.16. The molecule has 0 aliphatic carbocycles. The number of hydrogen-bond acceptors (Lipinski definition) is 3. The predicted molar refractivity (Wildman–Crippen MR) is 90.4 cm³/mol. The first-order valence-corrected chi connectivity index (χ1v) is 8.28. The van der Waals surface area contributed by atoms with Crippen LogP contribution >= 0.6 is 0 Å². The number of nitrogens with one attached hydrogen (secondary N) is 1. The summed E-state index contributed by atoms with van der Waals surface area (Å²) in [7, 11) is 0. The van der Waals surface area contributed by atoms with Gasteiger partial charge in [0.15, 0.2) is 0 Å². The van der Waals surface area contributed by atoms with E-state index in [4.69, 9.17) is 0 Å². The number of urea groups is 1. The highest BCUT2D eigenvalue weighted by molar-refractivity contribution is 5.89. The van der Waals surface area contributed by atoms with E-state index in [9.17, 15) is 14.9 Å². The fourth-order valence-electron chi connectivity index (χ4n) is 3.29. The van der Waals surface area contributed by atoms with Gasteiger partial charge >= 0.3 is 6.03 Å². The molecule has 1 N–H and O–H groups in total. The van der Waals surface area contributed by atoms with Crippen molar-refractivity contribution < 1.29 is 9.59 Å². The summed E-state index contributed by atoms with van der Waals surface area (Å²) in [4.78, 5) is 27.8. The van der Waals surface area contributed by atoms with E-state index in [0.717, 1.165) is 12.0 Å². The molecule has 2 fully saturated rings. The molecule has 0 aromatic heterocycles. The first-order valence-electron chi connectivity index (χ1n) is 8.28. The lowest BCUT2D eigenvalue weighted by atomic mass is 9.86. The van der Waals surface area contributed by atoms with Crippen LogP contribution < -0.4 is 5.32 Å². The molecule has 0 spiro atoms. The highest BCUT2D eigenvalue weighted by Crippen LogP contribution is 2.25. The van der Waals surface area contributed by atoms with Crippen LogP contribution in [-0.4, -0.2) is 47.4 Å². The number of carbonyl (C=O) groups is 2. The molecular weight excluding hydrogens is 304 g/mol. The number of fused-ring (bicyclic) bond motifs is 1. The Bertz CT molecular complexity index is 690. The molecular formula is C18H22N4O2. The Morgan fingerprint density at radius 3 is 2.67 bits per heavy atom. The van der Waals surface area contributed by atoms with E-state index in [1.807, 2.05) is 43.0 Å². The van der Waals surface area contributed by atoms with E-state index in [1.165, 1.54) is 0 Å². The highest BCUT2D eigenvalue weighted by atomic mass is 16.2. The third-order valence-corrected chi connectivity index (χ3v) is 4.92. The number of amides is 3. The number of rotatable bonds is 2. The van der Waals surface area contributed by atoms with Crippen molar-refractivity contribution >= 4 is 17.6 Å². The molecule has 24 heavy (non-hydrogen) atoms. The van der Waals surface area contributed by atoms with Crippen molar-refractivity contribution in [1.29, 1.82) is 5.26 Å². The molecule has 1 aromatic rings. The van der Waals surface area contributed by atoms with Crippen LogP contribution in [-0.2, 0) is 10.2 Å². The van der Waals surface area contributed by atoms with Gasteiger partial charge in [0.1, 0.15) is 0 Å². The summed E-state index contributed by atoms with van der Waals surface area (Å²) >= 11 is 0. The number of benzene rings is 1. The molecule has 1 unspecified atom stereocenters. The summed E-state index contributed by atoms with van der Waals surface area (Å²) in [6, 6.07) is 9.67. The van der Waals surface area contributed by atoms with Gasteiger partial charge in [-0.05, 0) is 38.0 Å². The van der Waals surface area contributed by atoms with Crippen molar-refractivity contribution in [2.75, 3.05) is 25.0 Å². The molecule has 0 saturated carbocycles. The second-order valence-electron chi connectivity index (χ2n) is 6.97. The minimum atomic E-state index is -0.548. The number of nitrogens with zero attached hydrogens (tertiary/aromatic N) is 3. The minimum Gasteiger partial charge on any atom is -0.336 e. The fraction of sp³-hybridized carbons (Fsp3) is 0.500. The van der Waals surface area contributed by atoms with Crippen molar-refractivity contribution in [1.82, 2.24) is 9.80 Å². The Morgan fingerprint density at radius 1 is 1.29 bits per heavy atom. The van der Waals surface area contributed by atoms with E-state index in [1.54, 1.807) is 4.90 Å². The fourth-order valence-corrected chi connectivity index (χ4v) is 3.29. The first kappa shape index (κ1) is 16.3. The molecule has 6 heteroatoms. The van der Waals surface area contributed by atoms with Crippen molar-refractivity contribution in [2.24, 2.45) is 0 Å². The van der Waals surface area contributed by atoms with Gasteiger partial charge in [-0.2, -0.15) is 5.26 Å². The normalized spacial score (nSPS) is 20.5. The summed E-state index contributed by atoms with van der Waals surface area (Å²) in [6.45, 7) is 5.50. The molecule has 2 saturated heterocycles. The summed E-state index contributed by atoms with van der Waals surface area (Å²) in [5, 5.41) is 12.1.